The fourth-order valence-corrected chi connectivity index (χ4v) is 2.22. The van der Waals surface area contributed by atoms with Crippen molar-refractivity contribution in [3.63, 3.8) is 0 Å². The molecule has 15 heavy (non-hydrogen) atoms. The summed E-state index contributed by atoms with van der Waals surface area (Å²) in [6, 6.07) is 0. The number of nitrogens with one attached hydrogen (secondary N) is 1. The Morgan fingerprint density at radius 3 is 2.33 bits per heavy atom. The number of rotatable bonds is 3. The van der Waals surface area contributed by atoms with Crippen molar-refractivity contribution in [2.24, 2.45) is 0 Å². The van der Waals surface area contributed by atoms with Gasteiger partial charge in [0.05, 0.1) is 10.7 Å². The molecule has 1 aromatic heterocycles. The first-order valence-electron chi connectivity index (χ1n) is 5.51. The smallest absolute Gasteiger partial charge is 0.0956 e. The van der Waals surface area contributed by atoms with Crippen molar-refractivity contribution in [1.29, 1.82) is 0 Å². The van der Waals surface area contributed by atoms with Crippen LogP contribution in [0.2, 0.25) is 0 Å². The van der Waals surface area contributed by atoms with Gasteiger partial charge in [0.2, 0.25) is 0 Å². The fourth-order valence-electron chi connectivity index (χ4n) is 1.21. The van der Waals surface area contributed by atoms with Gasteiger partial charge in [0.25, 0.3) is 0 Å². The number of aryl methyl sites for hydroxylation is 1. The molecular weight excluding hydrogens is 204 g/mol. The largest absolute Gasteiger partial charge is 0.307 e. The number of hydrogen-bond acceptors (Lipinski definition) is 3. The molecule has 0 bridgehead atoms. The highest BCUT2D eigenvalue weighted by Crippen LogP contribution is 2.24. The molecule has 0 spiro atoms. The molecule has 1 rings (SSSR count). The molecule has 0 aliphatic rings. The van der Waals surface area contributed by atoms with Crippen LogP contribution in [0.3, 0.4) is 0 Å². The zero-order valence-corrected chi connectivity index (χ0v) is 11.5. The summed E-state index contributed by atoms with van der Waals surface area (Å²) in [4.78, 5) is 5.96. The van der Waals surface area contributed by atoms with Crippen LogP contribution in [0.5, 0.6) is 0 Å². The molecule has 1 heterocycles. The van der Waals surface area contributed by atoms with Crippen LogP contribution in [-0.4, -0.2) is 10.5 Å². The van der Waals surface area contributed by atoms with E-state index < -0.39 is 0 Å². The van der Waals surface area contributed by atoms with E-state index in [-0.39, 0.29) is 5.54 Å². The molecule has 0 aliphatic carbocycles. The van der Waals surface area contributed by atoms with Gasteiger partial charge in [0.1, 0.15) is 0 Å². The second-order valence-electron chi connectivity index (χ2n) is 5.32. The molecule has 0 radical (unpaired) electrons. The minimum Gasteiger partial charge on any atom is -0.307 e. The third-order valence-electron chi connectivity index (χ3n) is 2.18. The normalized spacial score (nSPS) is 12.5. The standard InChI is InChI=1S/C12H22N2S/c1-8(2)11-14-9(3)10(15-11)7-13-12(4,5)6/h8,13H,7H2,1-6H3. The monoisotopic (exact) mass is 226 g/mol. The maximum absolute atomic E-state index is 4.59. The highest BCUT2D eigenvalue weighted by Gasteiger charge is 2.13. The van der Waals surface area contributed by atoms with Gasteiger partial charge < -0.3 is 5.32 Å². The summed E-state index contributed by atoms with van der Waals surface area (Å²) in [7, 11) is 0. The van der Waals surface area contributed by atoms with Crippen LogP contribution in [-0.2, 0) is 6.54 Å². The predicted molar refractivity (Wildman–Crippen MR) is 67.5 cm³/mol. The molecular formula is C12H22N2S. The first kappa shape index (κ1) is 12.7. The van der Waals surface area contributed by atoms with Gasteiger partial charge >= 0.3 is 0 Å². The molecule has 0 atom stereocenters. The summed E-state index contributed by atoms with van der Waals surface area (Å²) < 4.78 is 0. The van der Waals surface area contributed by atoms with E-state index in [1.165, 1.54) is 15.6 Å². The number of hydrogen-bond donors (Lipinski definition) is 1. The van der Waals surface area contributed by atoms with E-state index in [1.807, 2.05) is 11.3 Å². The van der Waals surface area contributed by atoms with Crippen LogP contribution < -0.4 is 5.32 Å². The van der Waals surface area contributed by atoms with Crippen LogP contribution in [0, 0.1) is 6.92 Å². The quantitative estimate of drug-likeness (QED) is 0.853. The van der Waals surface area contributed by atoms with Gasteiger partial charge in [-0.15, -0.1) is 11.3 Å². The fraction of sp³-hybridized carbons (Fsp3) is 0.750. The number of aromatic nitrogens is 1. The summed E-state index contributed by atoms with van der Waals surface area (Å²) in [6.45, 7) is 14.0. The van der Waals surface area contributed by atoms with E-state index in [2.05, 4.69) is 51.8 Å². The molecule has 86 valence electrons. The van der Waals surface area contributed by atoms with Crippen molar-refractivity contribution >= 4 is 11.3 Å². The summed E-state index contributed by atoms with van der Waals surface area (Å²) in [5, 5.41) is 4.75. The van der Waals surface area contributed by atoms with Gasteiger partial charge in [-0.2, -0.15) is 0 Å². The summed E-state index contributed by atoms with van der Waals surface area (Å²) in [5.74, 6) is 0.539. The van der Waals surface area contributed by atoms with E-state index in [1.54, 1.807) is 0 Å². The van der Waals surface area contributed by atoms with E-state index in [4.69, 9.17) is 0 Å². The van der Waals surface area contributed by atoms with Crippen molar-refractivity contribution in [1.82, 2.24) is 10.3 Å². The molecule has 0 saturated heterocycles. The van der Waals surface area contributed by atoms with Crippen molar-refractivity contribution < 1.29 is 0 Å². The maximum Gasteiger partial charge on any atom is 0.0956 e. The molecule has 0 unspecified atom stereocenters. The van der Waals surface area contributed by atoms with Crippen LogP contribution in [0.1, 0.15) is 56.1 Å². The predicted octanol–water partition coefficient (Wildman–Crippen LogP) is 3.46. The summed E-state index contributed by atoms with van der Waals surface area (Å²) in [5.41, 5.74) is 1.36. The number of thiazole rings is 1. The second kappa shape index (κ2) is 4.62. The van der Waals surface area contributed by atoms with Crippen LogP contribution in [0.25, 0.3) is 0 Å². The van der Waals surface area contributed by atoms with Crippen LogP contribution in [0.15, 0.2) is 0 Å². The first-order valence-corrected chi connectivity index (χ1v) is 6.32. The summed E-state index contributed by atoms with van der Waals surface area (Å²) in [6.07, 6.45) is 0. The topological polar surface area (TPSA) is 24.9 Å². The molecule has 3 heteroatoms. The Kier molecular flexibility index (Phi) is 3.90. The zero-order valence-electron chi connectivity index (χ0n) is 10.6. The van der Waals surface area contributed by atoms with Crippen molar-refractivity contribution in [3.05, 3.63) is 15.6 Å². The molecule has 0 saturated carbocycles. The Balaban J connectivity index is 2.69. The van der Waals surface area contributed by atoms with Gasteiger partial charge in [-0.3, -0.25) is 0 Å². The van der Waals surface area contributed by atoms with Crippen molar-refractivity contribution in [2.45, 2.75) is 59.5 Å². The summed E-state index contributed by atoms with van der Waals surface area (Å²) >= 11 is 1.83. The maximum atomic E-state index is 4.59. The number of nitrogens with zero attached hydrogens (tertiary/aromatic N) is 1. The van der Waals surface area contributed by atoms with Gasteiger partial charge in [-0.05, 0) is 27.7 Å². The van der Waals surface area contributed by atoms with Crippen LogP contribution in [0.4, 0.5) is 0 Å². The van der Waals surface area contributed by atoms with Gasteiger partial charge in [-0.1, -0.05) is 13.8 Å². The lowest BCUT2D eigenvalue weighted by atomic mass is 10.1. The Hall–Kier alpha value is -0.410. The van der Waals surface area contributed by atoms with Gasteiger partial charge in [0, 0.05) is 22.9 Å². The molecule has 1 N–H and O–H groups in total. The Bertz CT molecular complexity index is 321. The van der Waals surface area contributed by atoms with Crippen molar-refractivity contribution in [2.75, 3.05) is 0 Å². The minimum atomic E-state index is 0.175. The lowest BCUT2D eigenvalue weighted by Gasteiger charge is -2.19. The van der Waals surface area contributed by atoms with Crippen molar-refractivity contribution in [3.8, 4) is 0 Å². The van der Waals surface area contributed by atoms with E-state index in [9.17, 15) is 0 Å². The molecule has 1 aromatic rings. The lowest BCUT2D eigenvalue weighted by molar-refractivity contribution is 0.425. The highest BCUT2D eigenvalue weighted by atomic mass is 32.1. The van der Waals surface area contributed by atoms with E-state index in [0.29, 0.717) is 5.92 Å². The molecule has 0 aromatic carbocycles. The second-order valence-corrected chi connectivity index (χ2v) is 6.43. The Labute approximate surface area is 97.1 Å². The van der Waals surface area contributed by atoms with Crippen LogP contribution >= 0.6 is 11.3 Å². The molecule has 0 fully saturated rings. The third kappa shape index (κ3) is 3.92. The SMILES string of the molecule is Cc1nc(C(C)C)sc1CNC(C)(C)C. The third-order valence-corrected chi connectivity index (χ3v) is 3.64. The average molecular weight is 226 g/mol. The average Bonchev–Trinajstić information content (AvgIpc) is 2.42. The minimum absolute atomic E-state index is 0.175. The molecule has 0 aliphatic heterocycles. The van der Waals surface area contributed by atoms with Gasteiger partial charge in [0.15, 0.2) is 0 Å². The highest BCUT2D eigenvalue weighted by molar-refractivity contribution is 7.11. The lowest BCUT2D eigenvalue weighted by Crippen LogP contribution is -2.34. The molecule has 0 amide bonds. The Morgan fingerprint density at radius 1 is 1.33 bits per heavy atom. The Morgan fingerprint density at radius 2 is 1.93 bits per heavy atom. The molecule has 2 nitrogen and oxygen atoms in total. The first-order chi connectivity index (χ1) is 6.79. The van der Waals surface area contributed by atoms with E-state index in [0.717, 1.165) is 6.54 Å². The van der Waals surface area contributed by atoms with Gasteiger partial charge in [-0.25, -0.2) is 4.98 Å². The zero-order chi connectivity index (χ0) is 11.6. The van der Waals surface area contributed by atoms with E-state index >= 15 is 0 Å².